The fourth-order valence-corrected chi connectivity index (χ4v) is 3.59. The van der Waals surface area contributed by atoms with Crippen molar-refractivity contribution in [2.75, 3.05) is 6.61 Å². The molecule has 0 radical (unpaired) electrons. The van der Waals surface area contributed by atoms with Crippen molar-refractivity contribution in [2.24, 2.45) is 0 Å². The van der Waals surface area contributed by atoms with Gasteiger partial charge in [0.1, 0.15) is 18.1 Å². The molecule has 7 heteroatoms. The van der Waals surface area contributed by atoms with Gasteiger partial charge < -0.3 is 15.2 Å². The van der Waals surface area contributed by atoms with Gasteiger partial charge in [0.05, 0.1) is 11.6 Å². The molecule has 2 amide bonds. The van der Waals surface area contributed by atoms with Gasteiger partial charge in [0, 0.05) is 11.8 Å². The third-order valence-corrected chi connectivity index (χ3v) is 5.54. The first kappa shape index (κ1) is 24.8. The van der Waals surface area contributed by atoms with E-state index in [-0.39, 0.29) is 30.7 Å². The van der Waals surface area contributed by atoms with Crippen LogP contribution >= 0.6 is 0 Å². The number of nitrogens with one attached hydrogen (secondary N) is 2. The smallest absolute Gasteiger partial charge is 0.250 e. The van der Waals surface area contributed by atoms with Crippen LogP contribution in [0.15, 0.2) is 78.4 Å². The Labute approximate surface area is 199 Å². The van der Waals surface area contributed by atoms with Crippen molar-refractivity contribution in [1.29, 1.82) is 0 Å². The van der Waals surface area contributed by atoms with Crippen LogP contribution < -0.4 is 15.5 Å². The number of fused-ring (bicyclic) bond motifs is 1. The number of aromatic hydroxyl groups is 1. The number of hydroxylamine groups is 1. The summed E-state index contributed by atoms with van der Waals surface area (Å²) >= 11 is 0. The van der Waals surface area contributed by atoms with E-state index in [9.17, 15) is 14.7 Å². The lowest BCUT2D eigenvalue weighted by Gasteiger charge is -2.17. The van der Waals surface area contributed by atoms with Crippen LogP contribution in [0.1, 0.15) is 44.2 Å². The SMILES string of the molecule is CC(NC(=O)/C(=C/CCCCC(=O)NO)COc1cccc2ccccc12)c1ccc(O)cc1. The lowest BCUT2D eigenvalue weighted by molar-refractivity contribution is -0.129. The number of benzene rings is 3. The fourth-order valence-electron chi connectivity index (χ4n) is 3.59. The summed E-state index contributed by atoms with van der Waals surface area (Å²) in [7, 11) is 0. The molecule has 178 valence electrons. The Morgan fingerprint density at radius 2 is 1.74 bits per heavy atom. The molecule has 0 saturated heterocycles. The van der Waals surface area contributed by atoms with Crippen molar-refractivity contribution in [3.8, 4) is 11.5 Å². The number of hydrogen-bond acceptors (Lipinski definition) is 5. The molecule has 3 aromatic rings. The molecular weight excluding hydrogens is 432 g/mol. The van der Waals surface area contributed by atoms with Gasteiger partial charge in [-0.1, -0.05) is 54.6 Å². The molecule has 4 N–H and O–H groups in total. The van der Waals surface area contributed by atoms with E-state index in [1.807, 2.05) is 55.5 Å². The van der Waals surface area contributed by atoms with Crippen LogP contribution in [0.4, 0.5) is 0 Å². The minimum Gasteiger partial charge on any atom is -0.508 e. The van der Waals surface area contributed by atoms with E-state index < -0.39 is 5.91 Å². The molecule has 3 rings (SSSR count). The van der Waals surface area contributed by atoms with Gasteiger partial charge in [0.25, 0.3) is 5.91 Å². The normalized spacial score (nSPS) is 12.2. The Balaban J connectivity index is 1.70. The molecule has 0 fully saturated rings. The fraction of sp³-hybridized carbons (Fsp3) is 0.259. The Morgan fingerprint density at radius 3 is 2.50 bits per heavy atom. The molecule has 0 bridgehead atoms. The van der Waals surface area contributed by atoms with E-state index in [0.29, 0.717) is 30.6 Å². The van der Waals surface area contributed by atoms with Gasteiger partial charge >= 0.3 is 0 Å². The molecule has 0 aromatic heterocycles. The molecule has 3 aromatic carbocycles. The molecule has 0 aliphatic heterocycles. The van der Waals surface area contributed by atoms with Crippen molar-refractivity contribution < 1.29 is 24.6 Å². The van der Waals surface area contributed by atoms with Gasteiger partial charge in [-0.2, -0.15) is 0 Å². The molecule has 34 heavy (non-hydrogen) atoms. The van der Waals surface area contributed by atoms with E-state index in [0.717, 1.165) is 16.3 Å². The van der Waals surface area contributed by atoms with Crippen LogP contribution in [-0.4, -0.2) is 28.7 Å². The molecule has 0 aliphatic rings. The zero-order chi connectivity index (χ0) is 24.3. The Kier molecular flexibility index (Phi) is 9.05. The number of phenolic OH excluding ortho intramolecular Hbond substituents is 1. The summed E-state index contributed by atoms with van der Waals surface area (Å²) in [6, 6.07) is 20.1. The highest BCUT2D eigenvalue weighted by Gasteiger charge is 2.15. The maximum Gasteiger partial charge on any atom is 0.250 e. The largest absolute Gasteiger partial charge is 0.508 e. The Morgan fingerprint density at radius 1 is 1.00 bits per heavy atom. The average Bonchev–Trinajstić information content (AvgIpc) is 2.85. The maximum atomic E-state index is 13.1. The predicted molar refractivity (Wildman–Crippen MR) is 131 cm³/mol. The van der Waals surface area contributed by atoms with Gasteiger partial charge in [0.15, 0.2) is 0 Å². The zero-order valence-corrected chi connectivity index (χ0v) is 19.2. The predicted octanol–water partition coefficient (Wildman–Crippen LogP) is 4.79. The summed E-state index contributed by atoms with van der Waals surface area (Å²) in [5.41, 5.74) is 2.98. The highest BCUT2D eigenvalue weighted by molar-refractivity contribution is 5.94. The van der Waals surface area contributed by atoms with Crippen LogP contribution in [0.2, 0.25) is 0 Å². The van der Waals surface area contributed by atoms with E-state index in [4.69, 9.17) is 9.94 Å². The van der Waals surface area contributed by atoms with E-state index >= 15 is 0 Å². The second-order valence-corrected chi connectivity index (χ2v) is 8.06. The Hall–Kier alpha value is -3.84. The van der Waals surface area contributed by atoms with Crippen molar-refractivity contribution in [1.82, 2.24) is 10.8 Å². The van der Waals surface area contributed by atoms with E-state index in [1.54, 1.807) is 29.7 Å². The second-order valence-electron chi connectivity index (χ2n) is 8.06. The van der Waals surface area contributed by atoms with Crippen molar-refractivity contribution in [3.05, 3.63) is 83.9 Å². The maximum absolute atomic E-state index is 13.1. The van der Waals surface area contributed by atoms with Crippen molar-refractivity contribution in [3.63, 3.8) is 0 Å². The van der Waals surface area contributed by atoms with Gasteiger partial charge in [-0.15, -0.1) is 0 Å². The Bertz CT molecular complexity index is 1140. The first-order valence-electron chi connectivity index (χ1n) is 11.3. The van der Waals surface area contributed by atoms with Crippen molar-refractivity contribution in [2.45, 2.75) is 38.6 Å². The van der Waals surface area contributed by atoms with E-state index in [2.05, 4.69) is 5.32 Å². The standard InChI is InChI=1S/C27H30N2O5/c1-19(20-14-16-23(30)17-15-20)28-27(32)22(9-3-2-4-13-26(31)29-33)18-34-25-12-7-10-21-8-5-6-11-24(21)25/h5-12,14-17,19,30,33H,2-4,13,18H2,1H3,(H,28,32)(H,29,31)/b22-9+. The number of amides is 2. The van der Waals surface area contributed by atoms with Crippen molar-refractivity contribution >= 4 is 22.6 Å². The molecule has 0 saturated carbocycles. The summed E-state index contributed by atoms with van der Waals surface area (Å²) in [5, 5.41) is 23.1. The minimum absolute atomic E-state index is 0.0965. The number of rotatable bonds is 11. The van der Waals surface area contributed by atoms with E-state index in [1.165, 1.54) is 0 Å². The third kappa shape index (κ3) is 7.08. The summed E-state index contributed by atoms with van der Waals surface area (Å²) in [6.07, 6.45) is 3.92. The lowest BCUT2D eigenvalue weighted by atomic mass is 10.1. The molecule has 0 spiro atoms. The minimum atomic E-state index is -0.427. The van der Waals surface area contributed by atoms with Crippen LogP contribution in [0.5, 0.6) is 11.5 Å². The van der Waals surface area contributed by atoms with Gasteiger partial charge in [-0.3, -0.25) is 14.8 Å². The molecular formula is C27H30N2O5. The number of hydrogen-bond donors (Lipinski definition) is 4. The van der Waals surface area contributed by atoms with Crippen LogP contribution in [0.3, 0.4) is 0 Å². The topological polar surface area (TPSA) is 108 Å². The molecule has 7 nitrogen and oxygen atoms in total. The molecule has 1 atom stereocenters. The number of phenols is 1. The van der Waals surface area contributed by atoms with Gasteiger partial charge in [-0.25, -0.2) is 5.48 Å². The van der Waals surface area contributed by atoms with Crippen LogP contribution in [0, 0.1) is 0 Å². The highest BCUT2D eigenvalue weighted by Crippen LogP contribution is 2.26. The quantitative estimate of drug-likeness (QED) is 0.142. The molecule has 0 aliphatic carbocycles. The average molecular weight is 463 g/mol. The van der Waals surface area contributed by atoms with Gasteiger partial charge in [-0.05, 0) is 55.3 Å². The number of unbranched alkanes of at least 4 members (excludes halogenated alkanes) is 2. The van der Waals surface area contributed by atoms with Crippen LogP contribution in [0.25, 0.3) is 10.8 Å². The number of ether oxygens (including phenoxy) is 1. The molecule has 0 heterocycles. The highest BCUT2D eigenvalue weighted by atomic mass is 16.5. The first-order chi connectivity index (χ1) is 16.5. The number of carbonyl (C=O) groups excluding carboxylic acids is 2. The number of carbonyl (C=O) groups is 2. The second kappa shape index (κ2) is 12.4. The summed E-state index contributed by atoms with van der Waals surface area (Å²) in [5.74, 6) is 0.196. The third-order valence-electron chi connectivity index (χ3n) is 5.54. The monoisotopic (exact) mass is 462 g/mol. The lowest BCUT2D eigenvalue weighted by Crippen LogP contribution is -2.30. The number of allylic oxidation sites excluding steroid dienone is 1. The first-order valence-corrected chi connectivity index (χ1v) is 11.3. The molecule has 1 unspecified atom stereocenters. The summed E-state index contributed by atoms with van der Waals surface area (Å²) < 4.78 is 6.06. The summed E-state index contributed by atoms with van der Waals surface area (Å²) in [6.45, 7) is 1.97. The zero-order valence-electron chi connectivity index (χ0n) is 19.2. The summed E-state index contributed by atoms with van der Waals surface area (Å²) in [4.78, 5) is 24.3. The van der Waals surface area contributed by atoms with Crippen LogP contribution in [-0.2, 0) is 9.59 Å². The van der Waals surface area contributed by atoms with Gasteiger partial charge in [0.2, 0.25) is 5.91 Å².